The van der Waals surface area contributed by atoms with Crippen LogP contribution in [-0.2, 0) is 0 Å². The van der Waals surface area contributed by atoms with E-state index in [0.717, 1.165) is 28.4 Å². The highest BCUT2D eigenvalue weighted by atomic mass is 35.5. The summed E-state index contributed by atoms with van der Waals surface area (Å²) >= 11 is 7.87. The van der Waals surface area contributed by atoms with Crippen LogP contribution in [0.4, 0.5) is 5.13 Å². The second-order valence-electron chi connectivity index (χ2n) is 6.06. The van der Waals surface area contributed by atoms with E-state index in [1.165, 1.54) is 0 Å². The predicted octanol–water partition coefficient (Wildman–Crippen LogP) is 3.92. The average molecular weight is 388 g/mol. The summed E-state index contributed by atoms with van der Waals surface area (Å²) in [6, 6.07) is 13.2. The van der Waals surface area contributed by atoms with E-state index >= 15 is 0 Å². The number of amides is 1. The fourth-order valence-corrected chi connectivity index (χ4v) is 4.45. The van der Waals surface area contributed by atoms with Gasteiger partial charge in [0.05, 0.1) is 22.4 Å². The van der Waals surface area contributed by atoms with E-state index in [9.17, 15) is 4.79 Å². The number of nitrogens with zero attached hydrogens (tertiary/aromatic N) is 3. The second kappa shape index (κ2) is 7.13. The number of halogens is 1. The van der Waals surface area contributed by atoms with Gasteiger partial charge in [-0.15, -0.1) is 0 Å². The summed E-state index contributed by atoms with van der Waals surface area (Å²) < 4.78 is 6.40. The molecule has 1 aromatic heterocycles. The Morgan fingerprint density at radius 1 is 1.12 bits per heavy atom. The van der Waals surface area contributed by atoms with Crippen molar-refractivity contribution in [1.29, 1.82) is 0 Å². The van der Waals surface area contributed by atoms with Crippen LogP contribution in [0.15, 0.2) is 42.5 Å². The minimum Gasteiger partial charge on any atom is -0.496 e. The Bertz CT molecular complexity index is 951. The molecule has 0 radical (unpaired) electrons. The highest BCUT2D eigenvalue weighted by Gasteiger charge is 2.25. The molecule has 0 atom stereocenters. The fraction of sp³-hybridized carbons (Fsp3) is 0.263. The number of ether oxygens (including phenoxy) is 1. The summed E-state index contributed by atoms with van der Waals surface area (Å²) in [5.74, 6) is 0.621. The number of methoxy groups -OCH3 is 1. The SMILES string of the molecule is COc1ccccc1C(=O)N1CCN(c2nc3c(Cl)cccc3s2)CC1. The maximum absolute atomic E-state index is 12.8. The van der Waals surface area contributed by atoms with Crippen LogP contribution in [0.25, 0.3) is 10.2 Å². The van der Waals surface area contributed by atoms with Gasteiger partial charge < -0.3 is 14.5 Å². The highest BCUT2D eigenvalue weighted by Crippen LogP contribution is 2.33. The van der Waals surface area contributed by atoms with Gasteiger partial charge in [0.2, 0.25) is 0 Å². The van der Waals surface area contributed by atoms with Gasteiger partial charge in [0, 0.05) is 26.2 Å². The molecule has 0 saturated carbocycles. The minimum absolute atomic E-state index is 0.00874. The maximum atomic E-state index is 12.8. The predicted molar refractivity (Wildman–Crippen MR) is 106 cm³/mol. The number of hydrogen-bond acceptors (Lipinski definition) is 5. The number of para-hydroxylation sites is 2. The van der Waals surface area contributed by atoms with Crippen molar-refractivity contribution in [2.75, 3.05) is 38.2 Å². The largest absolute Gasteiger partial charge is 0.496 e. The van der Waals surface area contributed by atoms with Crippen LogP contribution in [-0.4, -0.2) is 49.1 Å². The molecule has 1 fully saturated rings. The number of carbonyl (C=O) groups is 1. The van der Waals surface area contributed by atoms with Gasteiger partial charge in [-0.3, -0.25) is 4.79 Å². The molecule has 0 N–H and O–H groups in total. The maximum Gasteiger partial charge on any atom is 0.257 e. The number of thiazole rings is 1. The van der Waals surface area contributed by atoms with E-state index < -0.39 is 0 Å². The first-order chi connectivity index (χ1) is 12.7. The lowest BCUT2D eigenvalue weighted by Crippen LogP contribution is -2.48. The van der Waals surface area contributed by atoms with Gasteiger partial charge in [0.15, 0.2) is 5.13 Å². The van der Waals surface area contributed by atoms with Crippen molar-refractivity contribution in [2.45, 2.75) is 0 Å². The number of aromatic nitrogens is 1. The van der Waals surface area contributed by atoms with Crippen LogP contribution in [0.1, 0.15) is 10.4 Å². The Kier molecular flexibility index (Phi) is 4.70. The lowest BCUT2D eigenvalue weighted by Gasteiger charge is -2.34. The smallest absolute Gasteiger partial charge is 0.257 e. The lowest BCUT2D eigenvalue weighted by atomic mass is 10.1. The van der Waals surface area contributed by atoms with Gasteiger partial charge in [-0.2, -0.15) is 0 Å². The van der Waals surface area contributed by atoms with Crippen molar-refractivity contribution in [3.63, 3.8) is 0 Å². The summed E-state index contributed by atoms with van der Waals surface area (Å²) in [5.41, 5.74) is 1.46. The van der Waals surface area contributed by atoms with Gasteiger partial charge >= 0.3 is 0 Å². The molecule has 1 aliphatic heterocycles. The summed E-state index contributed by atoms with van der Waals surface area (Å²) in [4.78, 5) is 21.6. The van der Waals surface area contributed by atoms with Crippen molar-refractivity contribution in [3.05, 3.63) is 53.1 Å². The van der Waals surface area contributed by atoms with E-state index in [4.69, 9.17) is 16.3 Å². The first-order valence-corrected chi connectivity index (χ1v) is 9.59. The van der Waals surface area contributed by atoms with E-state index in [1.807, 2.05) is 47.4 Å². The molecular formula is C19H18ClN3O2S. The summed E-state index contributed by atoms with van der Waals surface area (Å²) in [7, 11) is 1.59. The molecule has 134 valence electrons. The Labute approximate surface area is 160 Å². The zero-order chi connectivity index (χ0) is 18.1. The number of hydrogen-bond donors (Lipinski definition) is 0. The van der Waals surface area contributed by atoms with Crippen molar-refractivity contribution >= 4 is 44.2 Å². The average Bonchev–Trinajstić information content (AvgIpc) is 3.13. The molecule has 2 aromatic carbocycles. The van der Waals surface area contributed by atoms with E-state index in [-0.39, 0.29) is 5.91 Å². The van der Waals surface area contributed by atoms with Crippen LogP contribution in [0.2, 0.25) is 5.02 Å². The molecule has 0 bridgehead atoms. The van der Waals surface area contributed by atoms with Crippen molar-refractivity contribution in [1.82, 2.24) is 9.88 Å². The standard InChI is InChI=1S/C19H18ClN3O2S/c1-25-15-7-3-2-5-13(15)18(24)22-9-11-23(12-10-22)19-21-17-14(20)6-4-8-16(17)26-19/h2-8H,9-12H2,1H3. The number of rotatable bonds is 3. The third-order valence-corrected chi connectivity index (χ3v) is 5.92. The van der Waals surface area contributed by atoms with E-state index in [1.54, 1.807) is 18.4 Å². The molecule has 3 aromatic rings. The van der Waals surface area contributed by atoms with Gasteiger partial charge in [-0.1, -0.05) is 41.1 Å². The monoisotopic (exact) mass is 387 g/mol. The molecule has 1 amide bonds. The van der Waals surface area contributed by atoms with Crippen molar-refractivity contribution < 1.29 is 9.53 Å². The van der Waals surface area contributed by atoms with E-state index in [0.29, 0.717) is 29.4 Å². The highest BCUT2D eigenvalue weighted by molar-refractivity contribution is 7.22. The summed E-state index contributed by atoms with van der Waals surface area (Å²) in [6.45, 7) is 2.80. The topological polar surface area (TPSA) is 45.7 Å². The van der Waals surface area contributed by atoms with Crippen LogP contribution >= 0.6 is 22.9 Å². The zero-order valence-corrected chi connectivity index (χ0v) is 15.9. The molecule has 0 unspecified atom stereocenters. The third kappa shape index (κ3) is 3.10. The molecule has 7 heteroatoms. The third-order valence-electron chi connectivity index (χ3n) is 4.53. The molecule has 26 heavy (non-hydrogen) atoms. The molecule has 0 spiro atoms. The van der Waals surface area contributed by atoms with Gasteiger partial charge in [-0.25, -0.2) is 4.98 Å². The Morgan fingerprint density at radius 2 is 1.88 bits per heavy atom. The molecule has 1 saturated heterocycles. The number of anilines is 1. The van der Waals surface area contributed by atoms with Gasteiger partial charge in [0.1, 0.15) is 11.3 Å². The van der Waals surface area contributed by atoms with Crippen molar-refractivity contribution in [2.24, 2.45) is 0 Å². The Balaban J connectivity index is 1.48. The number of piperazine rings is 1. The van der Waals surface area contributed by atoms with Crippen LogP contribution in [0, 0.1) is 0 Å². The van der Waals surface area contributed by atoms with Crippen LogP contribution in [0.3, 0.4) is 0 Å². The molecule has 1 aliphatic rings. The Morgan fingerprint density at radius 3 is 2.62 bits per heavy atom. The van der Waals surface area contributed by atoms with Crippen LogP contribution in [0.5, 0.6) is 5.75 Å². The number of carbonyl (C=O) groups excluding carboxylic acids is 1. The zero-order valence-electron chi connectivity index (χ0n) is 14.3. The number of fused-ring (bicyclic) bond motifs is 1. The number of benzene rings is 2. The normalized spacial score (nSPS) is 14.7. The summed E-state index contributed by atoms with van der Waals surface area (Å²) in [6.07, 6.45) is 0. The first kappa shape index (κ1) is 17.1. The molecule has 4 rings (SSSR count). The van der Waals surface area contributed by atoms with Crippen molar-refractivity contribution in [3.8, 4) is 5.75 Å². The second-order valence-corrected chi connectivity index (χ2v) is 7.48. The van der Waals surface area contributed by atoms with Gasteiger partial charge in [-0.05, 0) is 24.3 Å². The first-order valence-electron chi connectivity index (χ1n) is 8.39. The molecule has 2 heterocycles. The lowest BCUT2D eigenvalue weighted by molar-refractivity contribution is 0.0743. The van der Waals surface area contributed by atoms with Crippen LogP contribution < -0.4 is 9.64 Å². The molecule has 5 nitrogen and oxygen atoms in total. The summed E-state index contributed by atoms with van der Waals surface area (Å²) in [5, 5.41) is 1.63. The minimum atomic E-state index is 0.00874. The molecule has 0 aliphatic carbocycles. The van der Waals surface area contributed by atoms with E-state index in [2.05, 4.69) is 9.88 Å². The van der Waals surface area contributed by atoms with Gasteiger partial charge in [0.25, 0.3) is 5.91 Å². The quantitative estimate of drug-likeness (QED) is 0.683. The Hall–Kier alpha value is -2.31. The molecular weight excluding hydrogens is 370 g/mol. The fourth-order valence-electron chi connectivity index (χ4n) is 3.13.